The lowest BCUT2D eigenvalue weighted by atomic mass is 10.00. The van der Waals surface area contributed by atoms with Gasteiger partial charge in [-0.2, -0.15) is 10.2 Å². The summed E-state index contributed by atoms with van der Waals surface area (Å²) in [6, 6.07) is 13.4. The minimum absolute atomic E-state index is 0.0393. The second kappa shape index (κ2) is 12.0. The number of benzene rings is 2. The summed E-state index contributed by atoms with van der Waals surface area (Å²) in [6.07, 6.45) is 0.507. The van der Waals surface area contributed by atoms with E-state index in [-0.39, 0.29) is 31.7 Å². The summed E-state index contributed by atoms with van der Waals surface area (Å²) >= 11 is 0. The highest BCUT2D eigenvalue weighted by atomic mass is 16.5. The summed E-state index contributed by atoms with van der Waals surface area (Å²) in [7, 11) is 0. The number of aromatic nitrogens is 2. The Morgan fingerprint density at radius 2 is 1.95 bits per heavy atom. The molecule has 0 saturated heterocycles. The molecule has 3 N–H and O–H groups in total. The second-order valence-electron chi connectivity index (χ2n) is 9.24. The fraction of sp³-hybridized carbons (Fsp3) is 0.407. The number of fused-ring (bicyclic) bond motifs is 1. The van der Waals surface area contributed by atoms with Gasteiger partial charge in [-0.25, -0.2) is 0 Å². The number of rotatable bonds is 9. The Bertz CT molecular complexity index is 1280. The molecule has 0 radical (unpaired) electrons. The lowest BCUT2D eigenvalue weighted by Gasteiger charge is -2.20. The van der Waals surface area contributed by atoms with Crippen LogP contribution in [0.25, 0.3) is 22.8 Å². The molecule has 0 spiro atoms. The van der Waals surface area contributed by atoms with E-state index in [0.29, 0.717) is 48.1 Å². The number of nitrogens with one attached hydrogen (secondary N) is 1. The average Bonchev–Trinajstić information content (AvgIpc) is 3.29. The largest absolute Gasteiger partial charge is 0.490 e. The third-order valence-corrected chi connectivity index (χ3v) is 6.12. The van der Waals surface area contributed by atoms with Gasteiger partial charge in [0, 0.05) is 30.8 Å². The standard InChI is InChI=1S/C27H31N5O5/c1-17(2)36-24-6-5-21(12-22(24)13-28)27-30-26(31-37-27)20-4-3-18-7-9-32(10-8-19(18)11-20)25(35)15-29-14-23(34)16-33/h3-6,11-12,17,23,29,33-34H,7-10,14-16H2,1-2H3/t23-/m0/s1. The summed E-state index contributed by atoms with van der Waals surface area (Å²) in [5, 5.41) is 34.9. The van der Waals surface area contributed by atoms with Gasteiger partial charge in [-0.1, -0.05) is 17.3 Å². The molecule has 0 aliphatic carbocycles. The maximum atomic E-state index is 12.6. The van der Waals surface area contributed by atoms with Gasteiger partial charge in [-0.3, -0.25) is 4.79 Å². The summed E-state index contributed by atoms with van der Waals surface area (Å²) in [5.41, 5.74) is 4.15. The van der Waals surface area contributed by atoms with Gasteiger partial charge in [0.15, 0.2) is 0 Å². The first-order chi connectivity index (χ1) is 17.9. The zero-order chi connectivity index (χ0) is 26.4. The number of aliphatic hydroxyl groups is 2. The van der Waals surface area contributed by atoms with Crippen molar-refractivity contribution in [2.24, 2.45) is 0 Å². The van der Waals surface area contributed by atoms with Crippen LogP contribution in [0.2, 0.25) is 0 Å². The van der Waals surface area contributed by atoms with Crippen molar-refractivity contribution >= 4 is 5.91 Å². The van der Waals surface area contributed by atoms with Crippen molar-refractivity contribution in [3.8, 4) is 34.7 Å². The first-order valence-corrected chi connectivity index (χ1v) is 12.3. The summed E-state index contributed by atoms with van der Waals surface area (Å²) < 4.78 is 11.2. The predicted molar refractivity (Wildman–Crippen MR) is 136 cm³/mol. The zero-order valence-corrected chi connectivity index (χ0v) is 21.0. The predicted octanol–water partition coefficient (Wildman–Crippen LogP) is 1.93. The third kappa shape index (κ3) is 6.51. The van der Waals surface area contributed by atoms with Gasteiger partial charge >= 0.3 is 0 Å². The Kier molecular flexibility index (Phi) is 8.50. The third-order valence-electron chi connectivity index (χ3n) is 6.12. The van der Waals surface area contributed by atoms with Crippen LogP contribution in [-0.2, 0) is 17.6 Å². The highest BCUT2D eigenvalue weighted by Gasteiger charge is 2.20. The van der Waals surface area contributed by atoms with Crippen LogP contribution >= 0.6 is 0 Å². The topological polar surface area (TPSA) is 145 Å². The highest BCUT2D eigenvalue weighted by Crippen LogP contribution is 2.29. The molecule has 1 aromatic heterocycles. The molecule has 3 aromatic rings. The fourth-order valence-electron chi connectivity index (χ4n) is 4.20. The summed E-state index contributed by atoms with van der Waals surface area (Å²) in [4.78, 5) is 18.9. The Balaban J connectivity index is 1.44. The van der Waals surface area contributed by atoms with Gasteiger partial charge in [0.05, 0.1) is 30.9 Å². The number of nitriles is 1. The molecule has 4 rings (SSSR count). The number of nitrogens with zero attached hydrogens (tertiary/aromatic N) is 4. The van der Waals surface area contributed by atoms with Crippen molar-refractivity contribution in [1.29, 1.82) is 5.26 Å². The van der Waals surface area contributed by atoms with Crippen molar-refractivity contribution in [1.82, 2.24) is 20.4 Å². The van der Waals surface area contributed by atoms with Gasteiger partial charge < -0.3 is 29.7 Å². The van der Waals surface area contributed by atoms with Crippen molar-refractivity contribution in [3.05, 3.63) is 53.1 Å². The molecule has 2 heterocycles. The van der Waals surface area contributed by atoms with Crippen LogP contribution in [-0.4, -0.2) is 76.2 Å². The maximum Gasteiger partial charge on any atom is 0.258 e. The Labute approximate surface area is 215 Å². The van der Waals surface area contributed by atoms with Gasteiger partial charge in [0.2, 0.25) is 11.7 Å². The van der Waals surface area contributed by atoms with Gasteiger partial charge in [0.1, 0.15) is 11.8 Å². The SMILES string of the molecule is CC(C)Oc1ccc(-c2nc(-c3ccc4c(c3)CCN(C(=O)CNC[C@H](O)CO)CC4)no2)cc1C#N. The minimum Gasteiger partial charge on any atom is -0.490 e. The van der Waals surface area contributed by atoms with Crippen LogP contribution in [0.3, 0.4) is 0 Å². The molecule has 1 amide bonds. The van der Waals surface area contributed by atoms with Crippen LogP contribution in [0, 0.1) is 11.3 Å². The molecule has 1 aliphatic rings. The maximum absolute atomic E-state index is 12.6. The van der Waals surface area contributed by atoms with E-state index in [0.717, 1.165) is 17.5 Å². The molecule has 2 aromatic carbocycles. The fourth-order valence-corrected chi connectivity index (χ4v) is 4.20. The molecule has 10 heteroatoms. The smallest absolute Gasteiger partial charge is 0.258 e. The molecule has 0 saturated carbocycles. The highest BCUT2D eigenvalue weighted by molar-refractivity contribution is 5.78. The second-order valence-corrected chi connectivity index (χ2v) is 9.24. The first kappa shape index (κ1) is 26.3. The van der Waals surface area contributed by atoms with E-state index in [1.54, 1.807) is 18.2 Å². The quantitative estimate of drug-likeness (QED) is 0.397. The monoisotopic (exact) mass is 505 g/mol. The molecule has 0 fully saturated rings. The number of ether oxygens (including phenoxy) is 1. The van der Waals surface area contributed by atoms with E-state index >= 15 is 0 Å². The van der Waals surface area contributed by atoms with E-state index in [1.165, 1.54) is 5.56 Å². The van der Waals surface area contributed by atoms with Crippen LogP contribution in [0.1, 0.15) is 30.5 Å². The lowest BCUT2D eigenvalue weighted by molar-refractivity contribution is -0.130. The van der Waals surface area contributed by atoms with Gasteiger partial charge in [-0.05, 0) is 62.1 Å². The number of aliphatic hydroxyl groups excluding tert-OH is 2. The lowest BCUT2D eigenvalue weighted by Crippen LogP contribution is -2.41. The molecular formula is C27H31N5O5. The van der Waals surface area contributed by atoms with E-state index in [4.69, 9.17) is 14.4 Å². The molecule has 194 valence electrons. The molecule has 10 nitrogen and oxygen atoms in total. The molecule has 1 aliphatic heterocycles. The first-order valence-electron chi connectivity index (χ1n) is 12.3. The minimum atomic E-state index is -0.878. The summed E-state index contributed by atoms with van der Waals surface area (Å²) in [5.74, 6) is 1.23. The van der Waals surface area contributed by atoms with Crippen LogP contribution in [0.4, 0.5) is 0 Å². The molecule has 0 unspecified atom stereocenters. The van der Waals surface area contributed by atoms with E-state index in [1.807, 2.05) is 36.9 Å². The zero-order valence-electron chi connectivity index (χ0n) is 21.0. The number of carbonyl (C=O) groups excluding carboxylic acids is 1. The molecular weight excluding hydrogens is 474 g/mol. The number of carbonyl (C=O) groups is 1. The Hall–Kier alpha value is -3.78. The Morgan fingerprint density at radius 1 is 1.19 bits per heavy atom. The number of hydrogen-bond acceptors (Lipinski definition) is 9. The van der Waals surface area contributed by atoms with Crippen molar-refractivity contribution in [2.45, 2.75) is 38.9 Å². The van der Waals surface area contributed by atoms with Crippen LogP contribution in [0.15, 0.2) is 40.9 Å². The normalized spacial score (nSPS) is 14.1. The molecule has 0 bridgehead atoms. The molecule has 1 atom stereocenters. The number of amides is 1. The van der Waals surface area contributed by atoms with Crippen molar-refractivity contribution in [2.75, 3.05) is 32.8 Å². The van der Waals surface area contributed by atoms with Gasteiger partial charge in [-0.15, -0.1) is 0 Å². The van der Waals surface area contributed by atoms with E-state index < -0.39 is 6.10 Å². The molecule has 37 heavy (non-hydrogen) atoms. The summed E-state index contributed by atoms with van der Waals surface area (Å²) in [6.45, 7) is 4.94. The van der Waals surface area contributed by atoms with Crippen molar-refractivity contribution in [3.63, 3.8) is 0 Å². The number of hydrogen-bond donors (Lipinski definition) is 3. The van der Waals surface area contributed by atoms with Crippen LogP contribution in [0.5, 0.6) is 5.75 Å². The van der Waals surface area contributed by atoms with Gasteiger partial charge in [0.25, 0.3) is 5.89 Å². The average molecular weight is 506 g/mol. The van der Waals surface area contributed by atoms with E-state index in [9.17, 15) is 15.2 Å². The Morgan fingerprint density at radius 3 is 2.68 bits per heavy atom. The van der Waals surface area contributed by atoms with E-state index in [2.05, 4.69) is 21.5 Å². The van der Waals surface area contributed by atoms with Crippen LogP contribution < -0.4 is 10.1 Å². The van der Waals surface area contributed by atoms with Crippen molar-refractivity contribution < 1.29 is 24.3 Å².